The Labute approximate surface area is 210 Å². The lowest BCUT2D eigenvalue weighted by molar-refractivity contribution is 0.0584. The molecular weight excluding hydrogens is 469 g/mol. The number of benzene rings is 3. The Morgan fingerprint density at radius 2 is 1.77 bits per heavy atom. The van der Waals surface area contributed by atoms with E-state index in [1.807, 2.05) is 36.4 Å². The molecule has 1 unspecified atom stereocenters. The van der Waals surface area contributed by atoms with Gasteiger partial charge in [-0.3, -0.25) is 4.79 Å². The molecule has 0 aromatic heterocycles. The van der Waals surface area contributed by atoms with Crippen molar-refractivity contribution in [3.63, 3.8) is 0 Å². The zero-order chi connectivity index (χ0) is 25.1. The largest absolute Gasteiger partial charge is 0.493 e. The number of carbonyl (C=O) groups is 1. The van der Waals surface area contributed by atoms with Gasteiger partial charge in [-0.15, -0.1) is 0 Å². The van der Waals surface area contributed by atoms with Gasteiger partial charge in [0.25, 0.3) is 5.91 Å². The van der Waals surface area contributed by atoms with E-state index in [-0.39, 0.29) is 17.2 Å². The molecule has 0 radical (unpaired) electrons. The van der Waals surface area contributed by atoms with Gasteiger partial charge in [0.05, 0.1) is 30.8 Å². The molecule has 0 N–H and O–H groups in total. The van der Waals surface area contributed by atoms with Crippen LogP contribution in [-0.2, 0) is 6.42 Å². The van der Waals surface area contributed by atoms with Crippen molar-refractivity contribution < 1.29 is 23.4 Å². The summed E-state index contributed by atoms with van der Waals surface area (Å²) in [6.07, 6.45) is 0.576. The second kappa shape index (κ2) is 10.6. The molecule has 5 nitrogen and oxygen atoms in total. The highest BCUT2D eigenvalue weighted by Crippen LogP contribution is 2.39. The minimum atomic E-state index is -0.649. The lowest BCUT2D eigenvalue weighted by Crippen LogP contribution is -2.43. The summed E-state index contributed by atoms with van der Waals surface area (Å²) in [5.74, 6) is 1.15. The number of hydrogen-bond acceptors (Lipinski definition) is 4. The number of rotatable bonds is 7. The SMILES string of the molecule is COc1cc2c(cc1OC)C(COc1ccc(C(C)C)cc1)N(C(=O)c1c(F)cccc1Cl)CC2. The van der Waals surface area contributed by atoms with Gasteiger partial charge in [-0.25, -0.2) is 4.39 Å². The Kier molecular flexibility index (Phi) is 7.51. The number of fused-ring (bicyclic) bond motifs is 1. The zero-order valence-corrected chi connectivity index (χ0v) is 21.1. The van der Waals surface area contributed by atoms with E-state index in [1.54, 1.807) is 19.1 Å². The maximum atomic E-state index is 14.7. The van der Waals surface area contributed by atoms with Crippen LogP contribution >= 0.6 is 11.6 Å². The van der Waals surface area contributed by atoms with E-state index in [1.165, 1.54) is 23.8 Å². The maximum Gasteiger partial charge on any atom is 0.259 e. The average Bonchev–Trinajstić information content (AvgIpc) is 2.86. The summed E-state index contributed by atoms with van der Waals surface area (Å²) in [6.45, 7) is 4.83. The number of ether oxygens (including phenoxy) is 3. The summed E-state index contributed by atoms with van der Waals surface area (Å²) in [5, 5.41) is 0.0806. The molecule has 3 aromatic carbocycles. The van der Waals surface area contributed by atoms with Crippen LogP contribution in [0.5, 0.6) is 17.2 Å². The fourth-order valence-corrected chi connectivity index (χ4v) is 4.66. The monoisotopic (exact) mass is 497 g/mol. The van der Waals surface area contributed by atoms with Gasteiger partial charge in [-0.1, -0.05) is 43.6 Å². The van der Waals surface area contributed by atoms with Crippen molar-refractivity contribution in [2.75, 3.05) is 27.4 Å². The highest BCUT2D eigenvalue weighted by Gasteiger charge is 2.35. The van der Waals surface area contributed by atoms with Crippen molar-refractivity contribution in [2.45, 2.75) is 32.2 Å². The Balaban J connectivity index is 1.71. The number of halogens is 2. The van der Waals surface area contributed by atoms with Gasteiger partial charge < -0.3 is 19.1 Å². The number of methoxy groups -OCH3 is 2. The third-order valence-corrected chi connectivity index (χ3v) is 6.71. The lowest BCUT2D eigenvalue weighted by atomic mass is 9.91. The molecule has 0 saturated heterocycles. The number of carbonyl (C=O) groups excluding carboxylic acids is 1. The van der Waals surface area contributed by atoms with Crippen molar-refractivity contribution in [3.05, 3.63) is 87.7 Å². The molecule has 0 fully saturated rings. The second-order valence-electron chi connectivity index (χ2n) is 8.80. The molecule has 35 heavy (non-hydrogen) atoms. The second-order valence-corrected chi connectivity index (χ2v) is 9.21. The van der Waals surface area contributed by atoms with E-state index < -0.39 is 17.8 Å². The molecule has 7 heteroatoms. The summed E-state index contributed by atoms with van der Waals surface area (Å²) >= 11 is 6.24. The summed E-state index contributed by atoms with van der Waals surface area (Å²) in [5.41, 5.74) is 2.97. The molecule has 0 saturated carbocycles. The van der Waals surface area contributed by atoms with Crippen LogP contribution in [0.1, 0.15) is 52.9 Å². The fraction of sp³-hybridized carbons (Fsp3) is 0.321. The van der Waals surface area contributed by atoms with Crippen LogP contribution in [0, 0.1) is 5.82 Å². The molecule has 1 atom stereocenters. The summed E-state index contributed by atoms with van der Waals surface area (Å²) < 4.78 is 31.8. The first kappa shape index (κ1) is 24.9. The smallest absolute Gasteiger partial charge is 0.259 e. The quantitative estimate of drug-likeness (QED) is 0.377. The van der Waals surface area contributed by atoms with Crippen LogP contribution in [0.25, 0.3) is 0 Å². The number of nitrogens with zero attached hydrogens (tertiary/aromatic N) is 1. The van der Waals surface area contributed by atoms with Gasteiger partial charge in [0.1, 0.15) is 18.2 Å². The van der Waals surface area contributed by atoms with Gasteiger partial charge in [0.2, 0.25) is 0 Å². The molecule has 4 rings (SSSR count). The van der Waals surface area contributed by atoms with E-state index in [4.69, 9.17) is 25.8 Å². The minimum absolute atomic E-state index is 0.0806. The van der Waals surface area contributed by atoms with Gasteiger partial charge in [-0.2, -0.15) is 0 Å². The predicted octanol–water partition coefficient (Wildman–Crippen LogP) is 6.44. The Morgan fingerprint density at radius 1 is 1.09 bits per heavy atom. The van der Waals surface area contributed by atoms with Crippen LogP contribution < -0.4 is 14.2 Å². The first-order valence-electron chi connectivity index (χ1n) is 11.6. The lowest BCUT2D eigenvalue weighted by Gasteiger charge is -2.38. The average molecular weight is 498 g/mol. The molecule has 1 amide bonds. The molecule has 1 aliphatic rings. The molecular formula is C28H29ClFNO4. The van der Waals surface area contributed by atoms with Crippen LogP contribution in [0.15, 0.2) is 54.6 Å². The molecule has 1 heterocycles. The van der Waals surface area contributed by atoms with Crippen molar-refractivity contribution in [2.24, 2.45) is 0 Å². The topological polar surface area (TPSA) is 48.0 Å². The first-order chi connectivity index (χ1) is 16.8. The Morgan fingerprint density at radius 3 is 2.40 bits per heavy atom. The summed E-state index contributed by atoms with van der Waals surface area (Å²) in [7, 11) is 3.15. The zero-order valence-electron chi connectivity index (χ0n) is 20.3. The van der Waals surface area contributed by atoms with E-state index in [9.17, 15) is 9.18 Å². The van der Waals surface area contributed by atoms with Crippen LogP contribution in [0.4, 0.5) is 4.39 Å². The molecule has 0 aliphatic carbocycles. The van der Waals surface area contributed by atoms with Gasteiger partial charge in [-0.05, 0) is 65.4 Å². The van der Waals surface area contributed by atoms with Crippen molar-refractivity contribution in [1.82, 2.24) is 4.90 Å². The Bertz CT molecular complexity index is 1190. The highest BCUT2D eigenvalue weighted by atomic mass is 35.5. The number of amides is 1. The summed E-state index contributed by atoms with van der Waals surface area (Å²) in [4.78, 5) is 15.2. The highest BCUT2D eigenvalue weighted by molar-refractivity contribution is 6.33. The van der Waals surface area contributed by atoms with Crippen molar-refractivity contribution >= 4 is 17.5 Å². The first-order valence-corrected chi connectivity index (χ1v) is 11.9. The molecule has 0 bridgehead atoms. The molecule has 1 aliphatic heterocycles. The van der Waals surface area contributed by atoms with Crippen LogP contribution in [0.3, 0.4) is 0 Å². The van der Waals surface area contributed by atoms with E-state index in [2.05, 4.69) is 13.8 Å². The molecule has 184 valence electrons. The fourth-order valence-electron chi connectivity index (χ4n) is 4.42. The predicted molar refractivity (Wildman–Crippen MR) is 134 cm³/mol. The third-order valence-electron chi connectivity index (χ3n) is 6.39. The third kappa shape index (κ3) is 5.08. The van der Waals surface area contributed by atoms with Gasteiger partial charge in [0.15, 0.2) is 11.5 Å². The number of hydrogen-bond donors (Lipinski definition) is 0. The standard InChI is InChI=1S/C28H29ClFNO4/c1-17(2)18-8-10-20(11-9-18)35-16-24-21-15-26(34-4)25(33-3)14-19(21)12-13-31(24)28(32)27-22(29)6-5-7-23(27)30/h5-11,14-15,17,24H,12-13,16H2,1-4H3. The summed E-state index contributed by atoms with van der Waals surface area (Å²) in [6, 6.07) is 15.5. The van der Waals surface area contributed by atoms with Crippen LogP contribution in [0.2, 0.25) is 5.02 Å². The molecule has 0 spiro atoms. The van der Waals surface area contributed by atoms with Gasteiger partial charge >= 0.3 is 0 Å². The molecule has 3 aromatic rings. The Hall–Kier alpha value is -3.25. The maximum absolute atomic E-state index is 14.7. The van der Waals surface area contributed by atoms with E-state index >= 15 is 0 Å². The minimum Gasteiger partial charge on any atom is -0.493 e. The normalized spacial score (nSPS) is 15.1. The van der Waals surface area contributed by atoms with E-state index in [0.717, 1.165) is 11.1 Å². The van der Waals surface area contributed by atoms with Crippen molar-refractivity contribution in [3.8, 4) is 17.2 Å². The van der Waals surface area contributed by atoms with E-state index in [0.29, 0.717) is 36.1 Å². The van der Waals surface area contributed by atoms with Crippen LogP contribution in [-0.4, -0.2) is 38.2 Å². The van der Waals surface area contributed by atoms with Crippen molar-refractivity contribution in [1.29, 1.82) is 0 Å². The van der Waals surface area contributed by atoms with Gasteiger partial charge in [0, 0.05) is 6.54 Å².